The summed E-state index contributed by atoms with van der Waals surface area (Å²) in [7, 11) is 0. The number of rotatable bonds is 1. The van der Waals surface area contributed by atoms with Crippen LogP contribution in [0.4, 0.5) is 0 Å². The van der Waals surface area contributed by atoms with Crippen LogP contribution in [-0.4, -0.2) is 38.3 Å². The number of nitrogens with one attached hydrogen (secondary N) is 2. The SMILES string of the molecule is C1CNC(NC2CCOC2)=N1. The fraction of sp³-hybridized carbons (Fsp3) is 0.857. The van der Waals surface area contributed by atoms with Gasteiger partial charge in [-0.2, -0.15) is 0 Å². The lowest BCUT2D eigenvalue weighted by Gasteiger charge is -2.11. The maximum absolute atomic E-state index is 5.22. The summed E-state index contributed by atoms with van der Waals surface area (Å²) >= 11 is 0. The van der Waals surface area contributed by atoms with E-state index in [-0.39, 0.29) is 0 Å². The summed E-state index contributed by atoms with van der Waals surface area (Å²) < 4.78 is 5.22. The first-order valence-electron chi connectivity index (χ1n) is 4.08. The maximum atomic E-state index is 5.22. The van der Waals surface area contributed by atoms with Crippen molar-refractivity contribution in [1.82, 2.24) is 10.6 Å². The minimum Gasteiger partial charge on any atom is -0.379 e. The second kappa shape index (κ2) is 3.09. The lowest BCUT2D eigenvalue weighted by atomic mass is 10.3. The highest BCUT2D eigenvalue weighted by Crippen LogP contribution is 2.02. The number of aliphatic imine (C=N–C) groups is 1. The van der Waals surface area contributed by atoms with Crippen LogP contribution in [0.15, 0.2) is 4.99 Å². The maximum Gasteiger partial charge on any atom is 0.191 e. The number of nitrogens with zero attached hydrogens (tertiary/aromatic N) is 1. The van der Waals surface area contributed by atoms with Crippen LogP contribution in [-0.2, 0) is 4.74 Å². The van der Waals surface area contributed by atoms with Crippen molar-refractivity contribution >= 4 is 5.96 Å². The van der Waals surface area contributed by atoms with E-state index in [2.05, 4.69) is 15.6 Å². The topological polar surface area (TPSA) is 45.6 Å². The van der Waals surface area contributed by atoms with E-state index in [9.17, 15) is 0 Å². The summed E-state index contributed by atoms with van der Waals surface area (Å²) in [6, 6.07) is 0.472. The van der Waals surface area contributed by atoms with Crippen LogP contribution in [0.3, 0.4) is 0 Å². The monoisotopic (exact) mass is 155 g/mol. The van der Waals surface area contributed by atoms with Crippen LogP contribution in [0, 0.1) is 0 Å². The van der Waals surface area contributed by atoms with Crippen molar-refractivity contribution in [2.45, 2.75) is 12.5 Å². The van der Waals surface area contributed by atoms with E-state index in [1.807, 2.05) is 0 Å². The minimum absolute atomic E-state index is 0.472. The Morgan fingerprint density at radius 1 is 1.64 bits per heavy atom. The molecule has 1 saturated heterocycles. The van der Waals surface area contributed by atoms with Gasteiger partial charge in [0.2, 0.25) is 0 Å². The van der Waals surface area contributed by atoms with Gasteiger partial charge in [-0.25, -0.2) is 0 Å². The van der Waals surface area contributed by atoms with Crippen LogP contribution in [0.5, 0.6) is 0 Å². The molecule has 0 spiro atoms. The Morgan fingerprint density at radius 2 is 2.64 bits per heavy atom. The van der Waals surface area contributed by atoms with Gasteiger partial charge in [0, 0.05) is 13.2 Å². The molecule has 62 valence electrons. The predicted molar refractivity (Wildman–Crippen MR) is 42.7 cm³/mol. The van der Waals surface area contributed by atoms with Gasteiger partial charge >= 0.3 is 0 Å². The van der Waals surface area contributed by atoms with Crippen LogP contribution in [0.1, 0.15) is 6.42 Å². The molecule has 0 bridgehead atoms. The Hall–Kier alpha value is -0.770. The van der Waals surface area contributed by atoms with E-state index in [0.29, 0.717) is 6.04 Å². The van der Waals surface area contributed by atoms with Gasteiger partial charge in [0.05, 0.1) is 19.2 Å². The fourth-order valence-corrected chi connectivity index (χ4v) is 1.34. The lowest BCUT2D eigenvalue weighted by molar-refractivity contribution is 0.192. The van der Waals surface area contributed by atoms with Gasteiger partial charge in [0.15, 0.2) is 5.96 Å². The molecular weight excluding hydrogens is 142 g/mol. The lowest BCUT2D eigenvalue weighted by Crippen LogP contribution is -2.41. The van der Waals surface area contributed by atoms with Crippen LogP contribution < -0.4 is 10.6 Å². The van der Waals surface area contributed by atoms with Gasteiger partial charge in [-0.3, -0.25) is 4.99 Å². The summed E-state index contributed by atoms with van der Waals surface area (Å²) in [5.41, 5.74) is 0. The van der Waals surface area contributed by atoms with Crippen molar-refractivity contribution < 1.29 is 4.74 Å². The molecule has 2 rings (SSSR count). The zero-order valence-corrected chi connectivity index (χ0v) is 6.47. The number of ether oxygens (including phenoxy) is 1. The molecule has 1 atom stereocenters. The first kappa shape index (κ1) is 6.91. The van der Waals surface area contributed by atoms with Crippen molar-refractivity contribution in [3.8, 4) is 0 Å². The third-order valence-electron chi connectivity index (χ3n) is 1.94. The molecule has 2 aliphatic heterocycles. The molecule has 2 heterocycles. The van der Waals surface area contributed by atoms with Gasteiger partial charge in [-0.1, -0.05) is 0 Å². The zero-order valence-electron chi connectivity index (χ0n) is 6.47. The molecule has 0 aromatic heterocycles. The second-order valence-electron chi connectivity index (χ2n) is 2.86. The molecular formula is C7H13N3O. The second-order valence-corrected chi connectivity index (χ2v) is 2.86. The van der Waals surface area contributed by atoms with Gasteiger partial charge in [0.1, 0.15) is 0 Å². The van der Waals surface area contributed by atoms with Crippen molar-refractivity contribution in [2.24, 2.45) is 4.99 Å². The summed E-state index contributed by atoms with van der Waals surface area (Å²) in [6.07, 6.45) is 1.10. The Labute approximate surface area is 66.0 Å². The Balaban J connectivity index is 1.79. The van der Waals surface area contributed by atoms with E-state index >= 15 is 0 Å². The highest BCUT2D eigenvalue weighted by Gasteiger charge is 2.17. The summed E-state index contributed by atoms with van der Waals surface area (Å²) in [5.74, 6) is 0.945. The van der Waals surface area contributed by atoms with Crippen molar-refractivity contribution in [1.29, 1.82) is 0 Å². The van der Waals surface area contributed by atoms with E-state index < -0.39 is 0 Å². The number of guanidine groups is 1. The molecule has 4 nitrogen and oxygen atoms in total. The average Bonchev–Trinajstić information content (AvgIpc) is 2.60. The van der Waals surface area contributed by atoms with Crippen LogP contribution in [0.2, 0.25) is 0 Å². The number of hydrogen-bond donors (Lipinski definition) is 2. The third-order valence-corrected chi connectivity index (χ3v) is 1.94. The van der Waals surface area contributed by atoms with E-state index in [0.717, 1.165) is 38.7 Å². The Morgan fingerprint density at radius 3 is 3.27 bits per heavy atom. The first-order valence-corrected chi connectivity index (χ1v) is 4.08. The molecule has 2 N–H and O–H groups in total. The normalized spacial score (nSPS) is 29.8. The smallest absolute Gasteiger partial charge is 0.191 e. The van der Waals surface area contributed by atoms with E-state index in [1.54, 1.807) is 0 Å². The number of hydrogen-bond acceptors (Lipinski definition) is 4. The van der Waals surface area contributed by atoms with Gasteiger partial charge < -0.3 is 15.4 Å². The predicted octanol–water partition coefficient (Wildman–Crippen LogP) is -0.676. The Bertz CT molecular complexity index is 163. The highest BCUT2D eigenvalue weighted by atomic mass is 16.5. The molecule has 0 aromatic carbocycles. The van der Waals surface area contributed by atoms with Gasteiger partial charge in [-0.15, -0.1) is 0 Å². The van der Waals surface area contributed by atoms with E-state index in [1.165, 1.54) is 0 Å². The van der Waals surface area contributed by atoms with Crippen LogP contribution in [0.25, 0.3) is 0 Å². The Kier molecular flexibility index (Phi) is 1.94. The quantitative estimate of drug-likeness (QED) is 0.527. The van der Waals surface area contributed by atoms with Gasteiger partial charge in [-0.05, 0) is 6.42 Å². The molecule has 0 aliphatic carbocycles. The fourth-order valence-electron chi connectivity index (χ4n) is 1.34. The molecule has 0 amide bonds. The molecule has 1 unspecified atom stereocenters. The zero-order chi connectivity index (χ0) is 7.52. The standard InChI is InChI=1S/C7H13N3O/c1-4-11-5-6(1)10-7-8-2-3-9-7/h6H,1-5H2,(H2,8,9,10). The molecule has 0 aromatic rings. The van der Waals surface area contributed by atoms with E-state index in [4.69, 9.17) is 4.74 Å². The largest absolute Gasteiger partial charge is 0.379 e. The summed E-state index contributed by atoms with van der Waals surface area (Å²) in [6.45, 7) is 3.57. The summed E-state index contributed by atoms with van der Waals surface area (Å²) in [4.78, 5) is 4.24. The third kappa shape index (κ3) is 1.63. The highest BCUT2D eigenvalue weighted by molar-refractivity contribution is 5.81. The molecule has 0 radical (unpaired) electrons. The minimum atomic E-state index is 0.472. The van der Waals surface area contributed by atoms with Gasteiger partial charge in [0.25, 0.3) is 0 Å². The summed E-state index contributed by atoms with van der Waals surface area (Å²) in [5, 5.41) is 6.46. The molecule has 11 heavy (non-hydrogen) atoms. The first-order chi connectivity index (χ1) is 5.45. The average molecular weight is 155 g/mol. The molecule has 0 saturated carbocycles. The molecule has 2 aliphatic rings. The molecule has 1 fully saturated rings. The van der Waals surface area contributed by atoms with Crippen LogP contribution >= 0.6 is 0 Å². The van der Waals surface area contributed by atoms with Crippen molar-refractivity contribution in [3.05, 3.63) is 0 Å². The van der Waals surface area contributed by atoms with Crippen molar-refractivity contribution in [3.63, 3.8) is 0 Å². The van der Waals surface area contributed by atoms with Crippen molar-refractivity contribution in [2.75, 3.05) is 26.3 Å². The molecule has 4 heteroatoms.